The number of fused-ring (bicyclic) bond motifs is 1. The summed E-state index contributed by atoms with van der Waals surface area (Å²) in [6.45, 7) is 4.75. The zero-order valence-electron chi connectivity index (χ0n) is 13.5. The van der Waals surface area contributed by atoms with E-state index in [4.69, 9.17) is 9.47 Å². The van der Waals surface area contributed by atoms with E-state index in [9.17, 15) is 4.79 Å². The number of ether oxygens (including phenoxy) is 2. The van der Waals surface area contributed by atoms with Crippen LogP contribution < -0.4 is 0 Å². The number of likely N-dealkylation sites (tertiary alicyclic amines) is 1. The molecule has 0 radical (unpaired) electrons. The second-order valence-electron chi connectivity index (χ2n) is 6.38. The monoisotopic (exact) mass is 303 g/mol. The second kappa shape index (κ2) is 6.80. The van der Waals surface area contributed by atoms with E-state index in [2.05, 4.69) is 17.9 Å². The van der Waals surface area contributed by atoms with E-state index in [-0.39, 0.29) is 12.0 Å². The van der Waals surface area contributed by atoms with Gasteiger partial charge in [0.1, 0.15) is 6.04 Å². The number of hydrogen-bond donors (Lipinski definition) is 0. The van der Waals surface area contributed by atoms with Gasteiger partial charge in [-0.15, -0.1) is 0 Å². The van der Waals surface area contributed by atoms with Crippen LogP contribution in [0.3, 0.4) is 0 Å². The van der Waals surface area contributed by atoms with Gasteiger partial charge in [-0.3, -0.25) is 4.90 Å². The number of carbonyl (C=O) groups excluding carboxylic acids is 1. The molecule has 2 heterocycles. The maximum Gasteiger partial charge on any atom is 0.327 e. The van der Waals surface area contributed by atoms with E-state index in [0.29, 0.717) is 12.0 Å². The number of nitrogens with zero attached hydrogens (tertiary/aromatic N) is 1. The van der Waals surface area contributed by atoms with Crippen LogP contribution in [0.15, 0.2) is 24.3 Å². The molecule has 3 rings (SSSR count). The predicted octanol–water partition coefficient (Wildman–Crippen LogP) is 2.71. The van der Waals surface area contributed by atoms with Gasteiger partial charge in [-0.05, 0) is 43.2 Å². The van der Waals surface area contributed by atoms with Crippen molar-refractivity contribution in [2.75, 3.05) is 26.8 Å². The Morgan fingerprint density at radius 1 is 1.36 bits per heavy atom. The van der Waals surface area contributed by atoms with Gasteiger partial charge < -0.3 is 9.47 Å². The van der Waals surface area contributed by atoms with Crippen molar-refractivity contribution < 1.29 is 14.3 Å². The smallest absolute Gasteiger partial charge is 0.327 e. The summed E-state index contributed by atoms with van der Waals surface area (Å²) < 4.78 is 11.0. The van der Waals surface area contributed by atoms with Crippen molar-refractivity contribution in [2.45, 2.75) is 38.3 Å². The molecule has 22 heavy (non-hydrogen) atoms. The van der Waals surface area contributed by atoms with Crippen molar-refractivity contribution in [3.05, 3.63) is 35.4 Å². The molecule has 2 aliphatic rings. The van der Waals surface area contributed by atoms with Gasteiger partial charge >= 0.3 is 5.97 Å². The number of piperidine rings is 1. The summed E-state index contributed by atoms with van der Waals surface area (Å²) in [5, 5.41) is 0. The fourth-order valence-corrected chi connectivity index (χ4v) is 3.83. The normalized spacial score (nSPS) is 27.0. The second-order valence-corrected chi connectivity index (χ2v) is 6.38. The minimum Gasteiger partial charge on any atom is -0.468 e. The van der Waals surface area contributed by atoms with E-state index >= 15 is 0 Å². The molecule has 120 valence electrons. The van der Waals surface area contributed by atoms with Crippen molar-refractivity contribution in [2.24, 2.45) is 5.92 Å². The molecule has 0 spiro atoms. The summed E-state index contributed by atoms with van der Waals surface area (Å²) in [5.41, 5.74) is 2.20. The third-order valence-corrected chi connectivity index (χ3v) is 5.02. The van der Waals surface area contributed by atoms with Gasteiger partial charge in [0.25, 0.3) is 0 Å². The van der Waals surface area contributed by atoms with Crippen LogP contribution in [-0.4, -0.2) is 43.8 Å². The molecular formula is C18H25NO3. The molecule has 2 saturated heterocycles. The summed E-state index contributed by atoms with van der Waals surface area (Å²) in [5.74, 6) is 0.378. The van der Waals surface area contributed by atoms with Crippen LogP contribution in [0.25, 0.3) is 0 Å². The third kappa shape index (κ3) is 3.03. The van der Waals surface area contributed by atoms with Gasteiger partial charge in [0.05, 0.1) is 13.2 Å². The molecule has 2 fully saturated rings. The standard InChI is InChI=1S/C18H25NO3/c1-13-6-3-4-8-15(13)17(18(20)21-2)19-10-9-16-14(12-19)7-5-11-22-16/h3-4,6,8,14,16-17H,5,7,9-12H2,1-2H3. The van der Waals surface area contributed by atoms with Gasteiger partial charge in [-0.2, -0.15) is 0 Å². The number of benzene rings is 1. The van der Waals surface area contributed by atoms with Crippen molar-refractivity contribution in [3.8, 4) is 0 Å². The molecular weight excluding hydrogens is 278 g/mol. The molecule has 0 N–H and O–H groups in total. The summed E-state index contributed by atoms with van der Waals surface area (Å²) >= 11 is 0. The number of esters is 1. The molecule has 4 heteroatoms. The zero-order chi connectivity index (χ0) is 15.5. The Morgan fingerprint density at radius 2 is 2.18 bits per heavy atom. The molecule has 2 aliphatic heterocycles. The lowest BCUT2D eigenvalue weighted by Crippen LogP contribution is -2.49. The van der Waals surface area contributed by atoms with Gasteiger partial charge in [-0.25, -0.2) is 4.79 Å². The summed E-state index contributed by atoms with van der Waals surface area (Å²) in [4.78, 5) is 14.7. The maximum atomic E-state index is 12.4. The molecule has 4 nitrogen and oxygen atoms in total. The van der Waals surface area contributed by atoms with Crippen molar-refractivity contribution in [1.82, 2.24) is 4.90 Å². The first kappa shape index (κ1) is 15.5. The first-order chi connectivity index (χ1) is 10.7. The molecule has 0 aromatic heterocycles. The number of hydrogen-bond acceptors (Lipinski definition) is 4. The molecule has 0 aliphatic carbocycles. The highest BCUT2D eigenvalue weighted by Crippen LogP contribution is 2.34. The van der Waals surface area contributed by atoms with Crippen LogP contribution in [0.4, 0.5) is 0 Å². The van der Waals surface area contributed by atoms with E-state index in [1.54, 1.807) is 0 Å². The van der Waals surface area contributed by atoms with Crippen molar-refractivity contribution in [3.63, 3.8) is 0 Å². The van der Waals surface area contributed by atoms with Gasteiger partial charge in [0, 0.05) is 19.7 Å². The van der Waals surface area contributed by atoms with Crippen LogP contribution in [0.5, 0.6) is 0 Å². The van der Waals surface area contributed by atoms with E-state index in [1.165, 1.54) is 13.5 Å². The molecule has 0 amide bonds. The Bertz CT molecular complexity index is 531. The Balaban J connectivity index is 1.84. The average molecular weight is 303 g/mol. The first-order valence-corrected chi connectivity index (χ1v) is 8.19. The molecule has 1 aromatic rings. The quantitative estimate of drug-likeness (QED) is 0.805. The summed E-state index contributed by atoms with van der Waals surface area (Å²) in [6.07, 6.45) is 3.70. The minimum atomic E-state index is -0.297. The average Bonchev–Trinajstić information content (AvgIpc) is 2.56. The number of methoxy groups -OCH3 is 1. The van der Waals surface area contributed by atoms with Crippen LogP contribution in [0.2, 0.25) is 0 Å². The zero-order valence-corrected chi connectivity index (χ0v) is 13.5. The highest BCUT2D eigenvalue weighted by Gasteiger charge is 2.38. The lowest BCUT2D eigenvalue weighted by atomic mass is 9.86. The van der Waals surface area contributed by atoms with Crippen molar-refractivity contribution >= 4 is 5.97 Å². The van der Waals surface area contributed by atoms with Crippen molar-refractivity contribution in [1.29, 1.82) is 0 Å². The van der Waals surface area contributed by atoms with Crippen LogP contribution in [0.1, 0.15) is 36.4 Å². The highest BCUT2D eigenvalue weighted by molar-refractivity contribution is 5.78. The summed E-state index contributed by atoms with van der Waals surface area (Å²) in [7, 11) is 1.48. The fraction of sp³-hybridized carbons (Fsp3) is 0.611. The Kier molecular flexibility index (Phi) is 4.79. The predicted molar refractivity (Wildman–Crippen MR) is 84.6 cm³/mol. The number of carbonyl (C=O) groups is 1. The molecule has 0 saturated carbocycles. The Hall–Kier alpha value is -1.39. The van der Waals surface area contributed by atoms with Crippen LogP contribution in [0, 0.1) is 12.8 Å². The Morgan fingerprint density at radius 3 is 2.95 bits per heavy atom. The highest BCUT2D eigenvalue weighted by atomic mass is 16.5. The van der Waals surface area contributed by atoms with Gasteiger partial charge in [-0.1, -0.05) is 24.3 Å². The number of rotatable bonds is 3. The molecule has 3 atom stereocenters. The van der Waals surface area contributed by atoms with E-state index < -0.39 is 0 Å². The molecule has 3 unspecified atom stereocenters. The molecule has 0 bridgehead atoms. The third-order valence-electron chi connectivity index (χ3n) is 5.02. The largest absolute Gasteiger partial charge is 0.468 e. The lowest BCUT2D eigenvalue weighted by Gasteiger charge is -2.43. The lowest BCUT2D eigenvalue weighted by molar-refractivity contribution is -0.150. The fourth-order valence-electron chi connectivity index (χ4n) is 3.83. The first-order valence-electron chi connectivity index (χ1n) is 8.19. The van der Waals surface area contributed by atoms with Gasteiger partial charge in [0.15, 0.2) is 0 Å². The van der Waals surface area contributed by atoms with E-state index in [1.807, 2.05) is 18.2 Å². The minimum absolute atomic E-state index is 0.163. The van der Waals surface area contributed by atoms with Crippen LogP contribution in [-0.2, 0) is 14.3 Å². The molecule has 1 aromatic carbocycles. The SMILES string of the molecule is COC(=O)C(c1ccccc1C)N1CCC2OCCCC2C1. The van der Waals surface area contributed by atoms with Gasteiger partial charge in [0.2, 0.25) is 0 Å². The maximum absolute atomic E-state index is 12.4. The Labute approximate surface area is 132 Å². The number of aryl methyl sites for hydroxylation is 1. The topological polar surface area (TPSA) is 38.8 Å². The van der Waals surface area contributed by atoms with Crippen LogP contribution >= 0.6 is 0 Å². The summed E-state index contributed by atoms with van der Waals surface area (Å²) in [6, 6.07) is 7.81. The van der Waals surface area contributed by atoms with E-state index in [0.717, 1.165) is 43.7 Å².